The number of nitrogens with one attached hydrogen (secondary N) is 1. The molecule has 0 spiro atoms. The maximum atomic E-state index is 12.5. The maximum Gasteiger partial charge on any atom is 0.339 e. The second kappa shape index (κ2) is 10.0. The minimum atomic E-state index is -4.03. The van der Waals surface area contributed by atoms with Crippen LogP contribution in [-0.4, -0.2) is 27.6 Å². The molecule has 0 heterocycles. The van der Waals surface area contributed by atoms with E-state index in [-0.39, 0.29) is 21.4 Å². The molecule has 166 valence electrons. The van der Waals surface area contributed by atoms with Crippen molar-refractivity contribution in [1.29, 1.82) is 0 Å². The van der Waals surface area contributed by atoms with Crippen molar-refractivity contribution in [2.75, 3.05) is 7.11 Å². The quantitative estimate of drug-likeness (QED) is 0.289. The van der Waals surface area contributed by atoms with Gasteiger partial charge in [-0.25, -0.2) is 5.43 Å². The first kappa shape index (κ1) is 23.6. The molecule has 7 nitrogen and oxygen atoms in total. The van der Waals surface area contributed by atoms with E-state index in [1.807, 2.05) is 6.92 Å². The number of benzene rings is 3. The van der Waals surface area contributed by atoms with Gasteiger partial charge in [-0.3, -0.25) is 4.79 Å². The van der Waals surface area contributed by atoms with Crippen molar-refractivity contribution >= 4 is 45.4 Å². The number of halogens is 2. The molecule has 1 amide bonds. The van der Waals surface area contributed by atoms with Crippen molar-refractivity contribution in [1.82, 2.24) is 5.43 Å². The Labute approximate surface area is 195 Å². The van der Waals surface area contributed by atoms with E-state index >= 15 is 0 Å². The Balaban J connectivity index is 1.72. The molecular formula is C22H18Cl2N2O5S. The zero-order valence-corrected chi connectivity index (χ0v) is 19.3. The van der Waals surface area contributed by atoms with E-state index in [1.165, 1.54) is 55.8 Å². The van der Waals surface area contributed by atoms with E-state index in [1.54, 1.807) is 18.2 Å². The van der Waals surface area contributed by atoms with Crippen LogP contribution in [0.15, 0.2) is 70.7 Å². The highest BCUT2D eigenvalue weighted by Gasteiger charge is 2.19. The molecule has 0 fully saturated rings. The molecule has 3 aromatic carbocycles. The Morgan fingerprint density at radius 3 is 2.34 bits per heavy atom. The van der Waals surface area contributed by atoms with Crippen LogP contribution < -0.4 is 14.3 Å². The Morgan fingerprint density at radius 2 is 1.69 bits per heavy atom. The van der Waals surface area contributed by atoms with Crippen LogP contribution in [-0.2, 0) is 10.1 Å². The van der Waals surface area contributed by atoms with Crippen molar-refractivity contribution in [3.63, 3.8) is 0 Å². The van der Waals surface area contributed by atoms with Gasteiger partial charge in [-0.1, -0.05) is 40.9 Å². The number of aryl methyl sites for hydroxylation is 1. The van der Waals surface area contributed by atoms with Crippen LogP contribution in [0, 0.1) is 6.92 Å². The highest BCUT2D eigenvalue weighted by atomic mass is 35.5. The third-order valence-electron chi connectivity index (χ3n) is 4.26. The molecule has 0 saturated carbocycles. The molecule has 3 rings (SSSR count). The van der Waals surface area contributed by atoms with E-state index in [2.05, 4.69) is 10.5 Å². The average molecular weight is 493 g/mol. The normalized spacial score (nSPS) is 11.4. The first-order valence-corrected chi connectivity index (χ1v) is 11.3. The fourth-order valence-corrected chi connectivity index (χ4v) is 3.81. The summed E-state index contributed by atoms with van der Waals surface area (Å²) in [5, 5.41) is 4.48. The smallest absolute Gasteiger partial charge is 0.339 e. The number of hydrazone groups is 1. The molecule has 0 atom stereocenters. The Bertz CT molecular complexity index is 1280. The minimum Gasteiger partial charge on any atom is -0.493 e. The van der Waals surface area contributed by atoms with Crippen LogP contribution in [0.3, 0.4) is 0 Å². The van der Waals surface area contributed by atoms with Gasteiger partial charge in [0.05, 0.1) is 23.4 Å². The van der Waals surface area contributed by atoms with Gasteiger partial charge in [-0.05, 0) is 61.0 Å². The molecule has 0 aliphatic heterocycles. The number of hydrogen-bond acceptors (Lipinski definition) is 6. The zero-order valence-electron chi connectivity index (χ0n) is 17.0. The first-order valence-electron chi connectivity index (χ1n) is 9.17. The third kappa shape index (κ3) is 5.79. The number of amides is 1. The highest BCUT2D eigenvalue weighted by Crippen LogP contribution is 2.30. The molecule has 0 aromatic heterocycles. The molecule has 0 radical (unpaired) electrons. The molecule has 3 aromatic rings. The van der Waals surface area contributed by atoms with Gasteiger partial charge in [-0.15, -0.1) is 0 Å². The van der Waals surface area contributed by atoms with Gasteiger partial charge in [-0.2, -0.15) is 13.5 Å². The van der Waals surface area contributed by atoms with Crippen LogP contribution in [0.5, 0.6) is 11.5 Å². The molecule has 0 unspecified atom stereocenters. The van der Waals surface area contributed by atoms with E-state index in [0.717, 1.165) is 5.56 Å². The highest BCUT2D eigenvalue weighted by molar-refractivity contribution is 7.87. The first-order chi connectivity index (χ1) is 15.2. The van der Waals surface area contributed by atoms with Gasteiger partial charge in [0.15, 0.2) is 11.5 Å². The standard InChI is InChI=1S/C22H18Cl2N2O5S/c1-14-3-7-17(8-4-14)32(28,29)31-20-10-5-15(11-21(20)30-2)13-25-26-22(27)16-6-9-18(23)19(24)12-16/h3-13H,1-2H3,(H,26,27)/b25-13-. The summed E-state index contributed by atoms with van der Waals surface area (Å²) in [7, 11) is -2.65. The number of nitrogens with zero attached hydrogens (tertiary/aromatic N) is 1. The van der Waals surface area contributed by atoms with Crippen LogP contribution in [0.2, 0.25) is 10.0 Å². The van der Waals surface area contributed by atoms with E-state index in [9.17, 15) is 13.2 Å². The van der Waals surface area contributed by atoms with Gasteiger partial charge in [0.1, 0.15) is 4.90 Å². The summed E-state index contributed by atoms with van der Waals surface area (Å²) in [6.07, 6.45) is 1.37. The number of carbonyl (C=O) groups excluding carboxylic acids is 1. The van der Waals surface area contributed by atoms with Gasteiger partial charge in [0.2, 0.25) is 0 Å². The van der Waals surface area contributed by atoms with Crippen molar-refractivity contribution in [3.8, 4) is 11.5 Å². The van der Waals surface area contributed by atoms with Crippen LogP contribution in [0.1, 0.15) is 21.5 Å². The maximum absolute atomic E-state index is 12.5. The minimum absolute atomic E-state index is 0.0186. The van der Waals surface area contributed by atoms with Crippen molar-refractivity contribution < 1.29 is 22.1 Å². The number of methoxy groups -OCH3 is 1. The van der Waals surface area contributed by atoms with Gasteiger partial charge in [0, 0.05) is 5.56 Å². The molecule has 0 aliphatic rings. The number of carbonyl (C=O) groups is 1. The van der Waals surface area contributed by atoms with Gasteiger partial charge in [0.25, 0.3) is 5.91 Å². The summed E-state index contributed by atoms with van der Waals surface area (Å²) >= 11 is 11.7. The zero-order chi connectivity index (χ0) is 23.3. The van der Waals surface area contributed by atoms with Crippen molar-refractivity contribution in [2.24, 2.45) is 5.10 Å². The average Bonchev–Trinajstić information content (AvgIpc) is 2.76. The van der Waals surface area contributed by atoms with E-state index < -0.39 is 16.0 Å². The fraction of sp³-hybridized carbons (Fsp3) is 0.0909. The molecule has 0 saturated heterocycles. The Morgan fingerprint density at radius 1 is 0.969 bits per heavy atom. The molecular weight excluding hydrogens is 475 g/mol. The van der Waals surface area contributed by atoms with Gasteiger partial charge < -0.3 is 8.92 Å². The summed E-state index contributed by atoms with van der Waals surface area (Å²) in [5.41, 5.74) is 4.13. The fourth-order valence-electron chi connectivity index (χ4n) is 2.57. The third-order valence-corrected chi connectivity index (χ3v) is 6.25. The molecule has 0 aliphatic carbocycles. The summed E-state index contributed by atoms with van der Waals surface area (Å²) in [5.74, 6) is -0.276. The largest absolute Gasteiger partial charge is 0.493 e. The summed E-state index contributed by atoms with van der Waals surface area (Å²) in [6.45, 7) is 1.85. The lowest BCUT2D eigenvalue weighted by Gasteiger charge is -2.11. The van der Waals surface area contributed by atoms with Crippen LogP contribution >= 0.6 is 23.2 Å². The van der Waals surface area contributed by atoms with Gasteiger partial charge >= 0.3 is 10.1 Å². The Kier molecular flexibility index (Phi) is 7.40. The lowest BCUT2D eigenvalue weighted by molar-refractivity contribution is 0.0955. The predicted molar refractivity (Wildman–Crippen MR) is 124 cm³/mol. The molecule has 10 heteroatoms. The summed E-state index contributed by atoms with van der Waals surface area (Å²) in [6, 6.07) is 15.3. The van der Waals surface area contributed by atoms with Crippen LogP contribution in [0.25, 0.3) is 0 Å². The summed E-state index contributed by atoms with van der Waals surface area (Å²) in [4.78, 5) is 12.2. The monoisotopic (exact) mass is 492 g/mol. The van der Waals surface area contributed by atoms with Crippen LogP contribution in [0.4, 0.5) is 0 Å². The number of ether oxygens (including phenoxy) is 1. The molecule has 32 heavy (non-hydrogen) atoms. The SMILES string of the molecule is COc1cc(/C=N\NC(=O)c2ccc(Cl)c(Cl)c2)ccc1OS(=O)(=O)c1ccc(C)cc1. The molecule has 0 bridgehead atoms. The molecule has 1 N–H and O–H groups in total. The lowest BCUT2D eigenvalue weighted by atomic mass is 10.2. The number of hydrogen-bond donors (Lipinski definition) is 1. The second-order valence-corrected chi connectivity index (χ2v) is 8.95. The lowest BCUT2D eigenvalue weighted by Crippen LogP contribution is -2.17. The number of rotatable bonds is 7. The van der Waals surface area contributed by atoms with Crippen molar-refractivity contribution in [3.05, 3.63) is 87.4 Å². The predicted octanol–water partition coefficient (Wildman–Crippen LogP) is 4.84. The van der Waals surface area contributed by atoms with E-state index in [4.69, 9.17) is 32.1 Å². The van der Waals surface area contributed by atoms with Crippen molar-refractivity contribution in [2.45, 2.75) is 11.8 Å². The van der Waals surface area contributed by atoms with E-state index in [0.29, 0.717) is 16.1 Å². The summed E-state index contributed by atoms with van der Waals surface area (Å²) < 4.78 is 35.5. The Hall–Kier alpha value is -3.07. The topological polar surface area (TPSA) is 94.1 Å². The second-order valence-electron chi connectivity index (χ2n) is 6.59.